The molecule has 1 aromatic heterocycles. The number of fused-ring (bicyclic) bond motifs is 1. The predicted octanol–water partition coefficient (Wildman–Crippen LogP) is 5.65. The standard InChI is InChI=1S/C33H30N4O2/c34-28(19-22-15-17-27(38)18-16-22)33(39)37-21-26-14-8-7-13-25(26)20-29(37)32-35-30(23-9-3-1-4-10-23)31(36-32)24-11-5-2-6-12-24/h1-18,28-29,38H,19-21,34H2,(H,35,36)/t28-,29-/m0/s1. The molecule has 0 bridgehead atoms. The molecule has 1 amide bonds. The Hall–Kier alpha value is -4.68. The van der Waals surface area contributed by atoms with Crippen molar-refractivity contribution in [2.75, 3.05) is 0 Å². The van der Waals surface area contributed by atoms with E-state index in [1.54, 1.807) is 24.3 Å². The fourth-order valence-electron chi connectivity index (χ4n) is 5.35. The summed E-state index contributed by atoms with van der Waals surface area (Å²) in [6.07, 6.45) is 1.02. The third kappa shape index (κ3) is 5.07. The monoisotopic (exact) mass is 514 g/mol. The van der Waals surface area contributed by atoms with E-state index in [-0.39, 0.29) is 17.7 Å². The van der Waals surface area contributed by atoms with Crippen LogP contribution in [0.5, 0.6) is 5.75 Å². The number of benzene rings is 4. The van der Waals surface area contributed by atoms with Crippen molar-refractivity contribution in [2.45, 2.75) is 31.5 Å². The maximum atomic E-state index is 13.9. The summed E-state index contributed by atoms with van der Waals surface area (Å²) in [4.78, 5) is 24.5. The minimum atomic E-state index is -0.723. The number of nitrogens with one attached hydrogen (secondary N) is 1. The van der Waals surface area contributed by atoms with E-state index in [9.17, 15) is 9.90 Å². The number of aromatic hydroxyl groups is 1. The molecule has 6 rings (SSSR count). The van der Waals surface area contributed by atoms with Gasteiger partial charge in [-0.1, -0.05) is 97.1 Å². The zero-order chi connectivity index (χ0) is 26.8. The molecule has 0 saturated heterocycles. The van der Waals surface area contributed by atoms with Crippen molar-refractivity contribution in [1.29, 1.82) is 0 Å². The van der Waals surface area contributed by atoms with Gasteiger partial charge in [0.15, 0.2) is 0 Å². The highest BCUT2D eigenvalue weighted by Gasteiger charge is 2.35. The molecule has 0 spiro atoms. The maximum Gasteiger partial charge on any atom is 0.240 e. The van der Waals surface area contributed by atoms with Crippen molar-refractivity contribution in [2.24, 2.45) is 5.73 Å². The van der Waals surface area contributed by atoms with E-state index in [2.05, 4.69) is 41.4 Å². The van der Waals surface area contributed by atoms with Crippen molar-refractivity contribution in [3.8, 4) is 28.3 Å². The number of aromatic amines is 1. The lowest BCUT2D eigenvalue weighted by molar-refractivity contribution is -0.136. The van der Waals surface area contributed by atoms with E-state index in [0.717, 1.165) is 39.5 Å². The van der Waals surface area contributed by atoms with Crippen LogP contribution in [0.25, 0.3) is 22.5 Å². The van der Waals surface area contributed by atoms with Gasteiger partial charge >= 0.3 is 0 Å². The van der Waals surface area contributed by atoms with Gasteiger partial charge in [0.2, 0.25) is 5.91 Å². The molecule has 0 radical (unpaired) electrons. The van der Waals surface area contributed by atoms with E-state index in [0.29, 0.717) is 19.4 Å². The Balaban J connectivity index is 1.40. The minimum absolute atomic E-state index is 0.124. The Kier molecular flexibility index (Phi) is 6.69. The molecule has 4 N–H and O–H groups in total. The number of phenols is 1. The number of hydrogen-bond acceptors (Lipinski definition) is 4. The van der Waals surface area contributed by atoms with Gasteiger partial charge in [-0.25, -0.2) is 4.98 Å². The van der Waals surface area contributed by atoms with Crippen LogP contribution in [0.2, 0.25) is 0 Å². The largest absolute Gasteiger partial charge is 0.508 e. The number of carbonyl (C=O) groups is 1. The Morgan fingerprint density at radius 3 is 2.18 bits per heavy atom. The molecular formula is C33H30N4O2. The number of rotatable bonds is 6. The predicted molar refractivity (Wildman–Crippen MR) is 153 cm³/mol. The van der Waals surface area contributed by atoms with Crippen molar-refractivity contribution < 1.29 is 9.90 Å². The van der Waals surface area contributed by atoms with Crippen LogP contribution in [0.4, 0.5) is 0 Å². The number of nitrogens with two attached hydrogens (primary N) is 1. The van der Waals surface area contributed by atoms with E-state index in [4.69, 9.17) is 10.7 Å². The summed E-state index contributed by atoms with van der Waals surface area (Å²) < 4.78 is 0. The van der Waals surface area contributed by atoms with E-state index in [1.165, 1.54) is 5.56 Å². The first kappa shape index (κ1) is 24.6. The maximum absolute atomic E-state index is 13.9. The van der Waals surface area contributed by atoms with Crippen LogP contribution in [-0.4, -0.2) is 31.9 Å². The van der Waals surface area contributed by atoms with Gasteiger partial charge in [-0.2, -0.15) is 0 Å². The number of amides is 1. The van der Waals surface area contributed by atoms with Crippen molar-refractivity contribution in [3.63, 3.8) is 0 Å². The molecular weight excluding hydrogens is 484 g/mol. The average Bonchev–Trinajstić information content (AvgIpc) is 3.44. The first-order chi connectivity index (χ1) is 19.1. The Labute approximate surface area is 227 Å². The van der Waals surface area contributed by atoms with Gasteiger partial charge in [0.1, 0.15) is 11.6 Å². The minimum Gasteiger partial charge on any atom is -0.508 e. The summed E-state index contributed by atoms with van der Waals surface area (Å²) in [7, 11) is 0. The molecule has 2 atom stereocenters. The number of nitrogens with zero attached hydrogens (tertiary/aromatic N) is 2. The number of hydrogen-bond donors (Lipinski definition) is 3. The molecule has 0 fully saturated rings. The van der Waals surface area contributed by atoms with Gasteiger partial charge in [-0.05, 0) is 35.2 Å². The van der Waals surface area contributed by atoms with E-state index < -0.39 is 6.04 Å². The lowest BCUT2D eigenvalue weighted by atomic mass is 9.92. The van der Waals surface area contributed by atoms with Gasteiger partial charge in [0.05, 0.1) is 23.5 Å². The highest BCUT2D eigenvalue weighted by molar-refractivity contribution is 5.83. The first-order valence-electron chi connectivity index (χ1n) is 13.2. The molecule has 1 aliphatic rings. The molecule has 0 aliphatic carbocycles. The topological polar surface area (TPSA) is 95.2 Å². The van der Waals surface area contributed by atoms with E-state index in [1.807, 2.05) is 53.4 Å². The SMILES string of the molecule is N[C@@H](Cc1ccc(O)cc1)C(=O)N1Cc2ccccc2C[C@H]1c1nc(-c2ccccc2)c(-c2ccccc2)[nH]1. The normalized spacial score (nSPS) is 15.5. The summed E-state index contributed by atoms with van der Waals surface area (Å²) in [5, 5.41) is 9.63. The van der Waals surface area contributed by atoms with Gasteiger partial charge in [-0.15, -0.1) is 0 Å². The Bertz CT molecular complexity index is 1520. The van der Waals surface area contributed by atoms with E-state index >= 15 is 0 Å². The lowest BCUT2D eigenvalue weighted by Crippen LogP contribution is -2.48. The quantitative estimate of drug-likeness (QED) is 0.273. The van der Waals surface area contributed by atoms with Crippen LogP contribution in [-0.2, 0) is 24.2 Å². The summed E-state index contributed by atoms with van der Waals surface area (Å²) in [6, 6.07) is 34.3. The summed E-state index contributed by atoms with van der Waals surface area (Å²) in [5.74, 6) is 0.807. The summed E-state index contributed by atoms with van der Waals surface area (Å²) >= 11 is 0. The molecule has 194 valence electrons. The van der Waals surface area contributed by atoms with Gasteiger partial charge in [0.25, 0.3) is 0 Å². The van der Waals surface area contributed by atoms with Crippen molar-refractivity contribution in [1.82, 2.24) is 14.9 Å². The average molecular weight is 515 g/mol. The third-order valence-corrected chi connectivity index (χ3v) is 7.39. The molecule has 6 heteroatoms. The zero-order valence-electron chi connectivity index (χ0n) is 21.5. The Morgan fingerprint density at radius 1 is 0.872 bits per heavy atom. The molecule has 39 heavy (non-hydrogen) atoms. The number of H-pyrrole nitrogens is 1. The number of carbonyl (C=O) groups excluding carboxylic acids is 1. The van der Waals surface area contributed by atoms with Gasteiger partial charge < -0.3 is 20.7 Å². The molecule has 6 nitrogen and oxygen atoms in total. The van der Waals surface area contributed by atoms with Crippen LogP contribution in [0.3, 0.4) is 0 Å². The van der Waals surface area contributed by atoms with Crippen LogP contribution in [0.1, 0.15) is 28.6 Å². The highest BCUT2D eigenvalue weighted by atomic mass is 16.3. The fraction of sp³-hybridized carbons (Fsp3) is 0.152. The van der Waals surface area contributed by atoms with Crippen LogP contribution >= 0.6 is 0 Å². The van der Waals surface area contributed by atoms with Crippen molar-refractivity contribution in [3.05, 3.63) is 132 Å². The molecule has 0 saturated carbocycles. The molecule has 5 aromatic rings. The third-order valence-electron chi connectivity index (χ3n) is 7.39. The second-order valence-corrected chi connectivity index (χ2v) is 10.0. The highest BCUT2D eigenvalue weighted by Crippen LogP contribution is 2.37. The van der Waals surface area contributed by atoms with Crippen LogP contribution in [0.15, 0.2) is 109 Å². The molecule has 1 aliphatic heterocycles. The van der Waals surface area contributed by atoms with Crippen molar-refractivity contribution >= 4 is 5.91 Å². The van der Waals surface area contributed by atoms with Crippen LogP contribution < -0.4 is 5.73 Å². The summed E-state index contributed by atoms with van der Waals surface area (Å²) in [5.41, 5.74) is 13.6. The fourth-order valence-corrected chi connectivity index (χ4v) is 5.35. The molecule has 0 unspecified atom stereocenters. The second-order valence-electron chi connectivity index (χ2n) is 10.0. The van der Waals surface area contributed by atoms with Gasteiger partial charge in [-0.3, -0.25) is 4.79 Å². The summed E-state index contributed by atoms with van der Waals surface area (Å²) in [6.45, 7) is 0.463. The Morgan fingerprint density at radius 2 is 1.49 bits per heavy atom. The molecule has 4 aromatic carbocycles. The van der Waals surface area contributed by atoms with Gasteiger partial charge in [0, 0.05) is 24.1 Å². The second kappa shape index (κ2) is 10.6. The smallest absolute Gasteiger partial charge is 0.240 e. The number of aromatic nitrogens is 2. The number of phenolic OH excluding ortho intramolecular Hbond substituents is 1. The zero-order valence-corrected chi connectivity index (χ0v) is 21.5. The lowest BCUT2D eigenvalue weighted by Gasteiger charge is -2.37. The van der Waals surface area contributed by atoms with Crippen LogP contribution in [0, 0.1) is 0 Å². The first-order valence-corrected chi connectivity index (χ1v) is 13.2. The molecule has 2 heterocycles. The number of imidazole rings is 1.